The van der Waals surface area contributed by atoms with E-state index in [-0.39, 0.29) is 24.4 Å². The molecule has 7 nitrogen and oxygen atoms in total. The Hall–Kier alpha value is -2.90. The van der Waals surface area contributed by atoms with Crippen molar-refractivity contribution in [3.63, 3.8) is 0 Å². The third-order valence-electron chi connectivity index (χ3n) is 4.56. The number of anilines is 4. The lowest BCUT2D eigenvalue weighted by molar-refractivity contribution is -0.114. The lowest BCUT2D eigenvalue weighted by Gasteiger charge is -2.15. The first-order valence-corrected chi connectivity index (χ1v) is 9.44. The number of halogens is 1. The number of carbonyl (C=O) groups is 1. The molecule has 152 valence electrons. The van der Waals surface area contributed by atoms with Gasteiger partial charge in [-0.05, 0) is 43.2 Å². The lowest BCUT2D eigenvalue weighted by atomic mass is 10.2. The van der Waals surface area contributed by atoms with E-state index in [9.17, 15) is 4.79 Å². The number of hydrogen-bond donors (Lipinski definition) is 3. The van der Waals surface area contributed by atoms with Gasteiger partial charge in [-0.1, -0.05) is 18.2 Å². The summed E-state index contributed by atoms with van der Waals surface area (Å²) in [6.07, 6.45) is 2.39. The molecule has 0 bridgehead atoms. The van der Waals surface area contributed by atoms with E-state index < -0.39 is 0 Å². The minimum Gasteiger partial charge on any atom is -0.376 e. The van der Waals surface area contributed by atoms with Crippen LogP contribution >= 0.6 is 12.4 Å². The molecular formula is C21H24ClN5O2. The zero-order chi connectivity index (χ0) is 19.3. The van der Waals surface area contributed by atoms with Gasteiger partial charge in [0, 0.05) is 36.8 Å². The van der Waals surface area contributed by atoms with Gasteiger partial charge < -0.3 is 20.7 Å². The molecule has 1 amide bonds. The molecule has 1 aliphatic rings. The second-order valence-electron chi connectivity index (χ2n) is 6.82. The number of amides is 1. The van der Waals surface area contributed by atoms with Crippen molar-refractivity contribution < 1.29 is 9.53 Å². The summed E-state index contributed by atoms with van der Waals surface area (Å²) >= 11 is 0. The van der Waals surface area contributed by atoms with Crippen molar-refractivity contribution in [1.29, 1.82) is 0 Å². The number of aromatic nitrogens is 2. The van der Waals surface area contributed by atoms with Crippen LogP contribution < -0.4 is 16.0 Å². The molecule has 0 radical (unpaired) electrons. The van der Waals surface area contributed by atoms with Crippen molar-refractivity contribution in [2.45, 2.75) is 25.9 Å². The van der Waals surface area contributed by atoms with Gasteiger partial charge in [-0.3, -0.25) is 4.79 Å². The SMILES string of the molecule is CC(=O)Nc1cccc(Nc2nc(NCC3CCCO3)c3ccccc3n2)c1.Cl. The fraction of sp³-hybridized carbons (Fsp3) is 0.286. The molecule has 1 aromatic heterocycles. The van der Waals surface area contributed by atoms with Gasteiger partial charge >= 0.3 is 0 Å². The predicted octanol–water partition coefficient (Wildman–Crippen LogP) is 4.34. The highest BCUT2D eigenvalue weighted by Gasteiger charge is 2.16. The van der Waals surface area contributed by atoms with Crippen LogP contribution in [0, 0.1) is 0 Å². The van der Waals surface area contributed by atoms with Crippen LogP contribution in [0.15, 0.2) is 48.5 Å². The average Bonchev–Trinajstić information content (AvgIpc) is 3.19. The summed E-state index contributed by atoms with van der Waals surface area (Å²) < 4.78 is 5.70. The van der Waals surface area contributed by atoms with Gasteiger partial charge in [-0.2, -0.15) is 4.98 Å². The number of rotatable bonds is 6. The maximum atomic E-state index is 11.3. The van der Waals surface area contributed by atoms with E-state index in [0.29, 0.717) is 5.95 Å². The van der Waals surface area contributed by atoms with Gasteiger partial charge in [0.25, 0.3) is 0 Å². The van der Waals surface area contributed by atoms with Crippen LogP contribution in [-0.4, -0.2) is 35.1 Å². The maximum absolute atomic E-state index is 11.3. The van der Waals surface area contributed by atoms with Crippen molar-refractivity contribution in [2.24, 2.45) is 0 Å². The molecule has 1 saturated heterocycles. The Kier molecular flexibility index (Phi) is 6.85. The summed E-state index contributed by atoms with van der Waals surface area (Å²) in [4.78, 5) is 20.6. The third-order valence-corrected chi connectivity index (χ3v) is 4.56. The van der Waals surface area contributed by atoms with Crippen molar-refractivity contribution in [2.75, 3.05) is 29.1 Å². The highest BCUT2D eigenvalue weighted by atomic mass is 35.5. The molecule has 4 rings (SSSR count). The summed E-state index contributed by atoms with van der Waals surface area (Å²) in [5, 5.41) is 10.4. The molecule has 0 saturated carbocycles. The number of hydrogen-bond acceptors (Lipinski definition) is 6. The number of fused-ring (bicyclic) bond motifs is 1. The zero-order valence-electron chi connectivity index (χ0n) is 16.1. The Bertz CT molecular complexity index is 992. The topological polar surface area (TPSA) is 88.2 Å². The van der Waals surface area contributed by atoms with Crippen LogP contribution in [0.4, 0.5) is 23.1 Å². The Labute approximate surface area is 175 Å². The minimum absolute atomic E-state index is 0. The van der Waals surface area contributed by atoms with Gasteiger partial charge in [0.1, 0.15) is 5.82 Å². The highest BCUT2D eigenvalue weighted by molar-refractivity contribution is 5.91. The Morgan fingerprint density at radius 1 is 1.14 bits per heavy atom. The molecule has 8 heteroatoms. The fourth-order valence-electron chi connectivity index (χ4n) is 3.29. The summed E-state index contributed by atoms with van der Waals surface area (Å²) in [5.41, 5.74) is 2.37. The van der Waals surface area contributed by atoms with Crippen LogP contribution in [0.25, 0.3) is 10.9 Å². The van der Waals surface area contributed by atoms with Crippen molar-refractivity contribution >= 4 is 52.4 Å². The molecule has 0 spiro atoms. The Morgan fingerprint density at radius 3 is 2.76 bits per heavy atom. The number of benzene rings is 2. The number of nitrogens with zero attached hydrogens (tertiary/aromatic N) is 2. The van der Waals surface area contributed by atoms with Crippen LogP contribution in [0.2, 0.25) is 0 Å². The first-order valence-electron chi connectivity index (χ1n) is 9.44. The molecule has 1 atom stereocenters. The highest BCUT2D eigenvalue weighted by Crippen LogP contribution is 2.25. The second kappa shape index (κ2) is 9.54. The Balaban J connectivity index is 0.00000240. The van der Waals surface area contributed by atoms with E-state index in [4.69, 9.17) is 4.74 Å². The normalized spacial score (nSPS) is 15.6. The van der Waals surface area contributed by atoms with Crippen molar-refractivity contribution in [1.82, 2.24) is 9.97 Å². The molecule has 3 aromatic rings. The monoisotopic (exact) mass is 413 g/mol. The van der Waals surface area contributed by atoms with E-state index in [1.54, 1.807) is 0 Å². The summed E-state index contributed by atoms with van der Waals surface area (Å²) in [5.74, 6) is 1.16. The molecule has 1 unspecified atom stereocenters. The van der Waals surface area contributed by atoms with Crippen LogP contribution in [-0.2, 0) is 9.53 Å². The van der Waals surface area contributed by atoms with Crippen LogP contribution in [0.3, 0.4) is 0 Å². The van der Waals surface area contributed by atoms with E-state index >= 15 is 0 Å². The molecule has 1 aliphatic heterocycles. The molecule has 3 N–H and O–H groups in total. The van der Waals surface area contributed by atoms with Gasteiger partial charge in [0.2, 0.25) is 11.9 Å². The quantitative estimate of drug-likeness (QED) is 0.557. The molecule has 2 aromatic carbocycles. The Morgan fingerprint density at radius 2 is 1.97 bits per heavy atom. The van der Waals surface area contributed by atoms with Crippen molar-refractivity contribution in [3.8, 4) is 0 Å². The lowest BCUT2D eigenvalue weighted by Crippen LogP contribution is -2.19. The summed E-state index contributed by atoms with van der Waals surface area (Å²) in [6, 6.07) is 15.4. The van der Waals surface area contributed by atoms with E-state index in [1.807, 2.05) is 48.5 Å². The summed E-state index contributed by atoms with van der Waals surface area (Å²) in [6.45, 7) is 3.03. The molecular weight excluding hydrogens is 390 g/mol. The summed E-state index contributed by atoms with van der Waals surface area (Å²) in [7, 11) is 0. The smallest absolute Gasteiger partial charge is 0.229 e. The molecule has 1 fully saturated rings. The first-order chi connectivity index (χ1) is 13.7. The van der Waals surface area contributed by atoms with E-state index in [2.05, 4.69) is 25.9 Å². The third kappa shape index (κ3) is 5.34. The minimum atomic E-state index is -0.111. The fourth-order valence-corrected chi connectivity index (χ4v) is 3.29. The number of nitrogens with one attached hydrogen (secondary N) is 3. The number of ether oxygens (including phenoxy) is 1. The first kappa shape index (κ1) is 20.8. The van der Waals surface area contributed by atoms with Crippen molar-refractivity contribution in [3.05, 3.63) is 48.5 Å². The molecule has 29 heavy (non-hydrogen) atoms. The van der Waals surface area contributed by atoms with Gasteiger partial charge in [-0.15, -0.1) is 12.4 Å². The van der Waals surface area contributed by atoms with E-state index in [1.165, 1.54) is 6.92 Å². The number of carbonyl (C=O) groups excluding carboxylic acids is 1. The van der Waals surface area contributed by atoms with Gasteiger partial charge in [0.15, 0.2) is 0 Å². The standard InChI is InChI=1S/C21H23N5O2.ClH/c1-14(27)23-15-6-4-7-16(12-15)24-21-25-19-10-3-2-9-18(19)20(26-21)22-13-17-8-5-11-28-17;/h2-4,6-7,9-10,12,17H,5,8,11,13H2,1H3,(H,23,27)(H2,22,24,25,26);1H. The maximum Gasteiger partial charge on any atom is 0.229 e. The zero-order valence-corrected chi connectivity index (χ0v) is 17.0. The van der Waals surface area contributed by atoms with Crippen LogP contribution in [0.5, 0.6) is 0 Å². The van der Waals surface area contributed by atoms with E-state index in [0.717, 1.165) is 54.1 Å². The van der Waals surface area contributed by atoms with Gasteiger partial charge in [-0.25, -0.2) is 4.98 Å². The van der Waals surface area contributed by atoms with Gasteiger partial charge in [0.05, 0.1) is 11.6 Å². The molecule has 0 aliphatic carbocycles. The number of para-hydroxylation sites is 1. The molecule has 2 heterocycles. The predicted molar refractivity (Wildman–Crippen MR) is 118 cm³/mol. The largest absolute Gasteiger partial charge is 0.376 e. The average molecular weight is 414 g/mol. The second-order valence-corrected chi connectivity index (χ2v) is 6.82. The van der Waals surface area contributed by atoms with Crippen LogP contribution in [0.1, 0.15) is 19.8 Å².